The first-order chi connectivity index (χ1) is 8.86. The summed E-state index contributed by atoms with van der Waals surface area (Å²) >= 11 is 0. The van der Waals surface area contributed by atoms with Crippen molar-refractivity contribution in [2.24, 2.45) is 10.7 Å². The highest BCUT2D eigenvalue weighted by molar-refractivity contribution is 5.78. The van der Waals surface area contributed by atoms with Gasteiger partial charge in [0.15, 0.2) is 5.96 Å². The fourth-order valence-corrected chi connectivity index (χ4v) is 1.98. The molecule has 0 spiro atoms. The lowest BCUT2D eigenvalue weighted by atomic mass is 10.1. The van der Waals surface area contributed by atoms with Crippen LogP contribution in [0.5, 0.6) is 5.75 Å². The summed E-state index contributed by atoms with van der Waals surface area (Å²) in [5.74, 6) is 1.41. The summed E-state index contributed by atoms with van der Waals surface area (Å²) in [4.78, 5) is 10.5. The molecule has 18 heavy (non-hydrogen) atoms. The first kappa shape index (κ1) is 12.7. The summed E-state index contributed by atoms with van der Waals surface area (Å²) < 4.78 is 5.50. The van der Waals surface area contributed by atoms with Crippen LogP contribution in [0.3, 0.4) is 0 Å². The number of guanidine groups is 1. The quantitative estimate of drug-likeness (QED) is 0.495. The van der Waals surface area contributed by atoms with E-state index in [2.05, 4.69) is 14.9 Å². The molecule has 0 bridgehead atoms. The van der Waals surface area contributed by atoms with Crippen LogP contribution in [0.1, 0.15) is 19.3 Å². The fraction of sp³-hybridized carbons (Fsp3) is 0.538. The smallest absolute Gasteiger partial charge is 0.191 e. The molecule has 0 atom stereocenters. The number of aromatic nitrogens is 1. The molecule has 2 rings (SSSR count). The third kappa shape index (κ3) is 3.91. The van der Waals surface area contributed by atoms with Gasteiger partial charge in [-0.25, -0.2) is 4.99 Å². The van der Waals surface area contributed by atoms with E-state index in [0.717, 1.165) is 18.8 Å². The van der Waals surface area contributed by atoms with Crippen LogP contribution in [0.4, 0.5) is 0 Å². The summed E-state index contributed by atoms with van der Waals surface area (Å²) in [7, 11) is 0. The fourth-order valence-electron chi connectivity index (χ4n) is 1.98. The Balaban J connectivity index is 1.70. The second-order valence-electron chi connectivity index (χ2n) is 4.32. The van der Waals surface area contributed by atoms with Gasteiger partial charge in [-0.1, -0.05) is 0 Å². The number of aliphatic imine (C=N–C) groups is 1. The zero-order valence-corrected chi connectivity index (χ0v) is 10.6. The van der Waals surface area contributed by atoms with Gasteiger partial charge in [-0.15, -0.1) is 0 Å². The molecule has 0 aliphatic carbocycles. The van der Waals surface area contributed by atoms with Crippen molar-refractivity contribution in [3.63, 3.8) is 0 Å². The van der Waals surface area contributed by atoms with E-state index in [1.54, 1.807) is 12.4 Å². The predicted octanol–water partition coefficient (Wildman–Crippen LogP) is 1.26. The van der Waals surface area contributed by atoms with Crippen molar-refractivity contribution in [3.8, 4) is 5.75 Å². The molecule has 5 heteroatoms. The second-order valence-corrected chi connectivity index (χ2v) is 4.32. The molecule has 0 unspecified atom stereocenters. The van der Waals surface area contributed by atoms with Crippen LogP contribution in [0.2, 0.25) is 0 Å². The second kappa shape index (κ2) is 6.83. The molecule has 2 heterocycles. The highest BCUT2D eigenvalue weighted by Crippen LogP contribution is 2.08. The molecule has 0 saturated carbocycles. The minimum atomic E-state index is 0.528. The lowest BCUT2D eigenvalue weighted by molar-refractivity contribution is 0.320. The maximum Gasteiger partial charge on any atom is 0.191 e. The molecule has 0 amide bonds. The SMILES string of the molecule is NC(=NCCOc1cccnc1)N1CCCCC1. The molecule has 1 aromatic heterocycles. The van der Waals surface area contributed by atoms with Gasteiger partial charge in [0, 0.05) is 19.3 Å². The molecule has 0 aromatic carbocycles. The topological polar surface area (TPSA) is 63.7 Å². The molecule has 1 aromatic rings. The zero-order valence-electron chi connectivity index (χ0n) is 10.6. The number of hydrogen-bond acceptors (Lipinski definition) is 3. The first-order valence-corrected chi connectivity index (χ1v) is 6.44. The van der Waals surface area contributed by atoms with Gasteiger partial charge in [0.05, 0.1) is 12.7 Å². The van der Waals surface area contributed by atoms with Crippen LogP contribution in [0.15, 0.2) is 29.5 Å². The van der Waals surface area contributed by atoms with E-state index in [9.17, 15) is 0 Å². The number of nitrogens with zero attached hydrogens (tertiary/aromatic N) is 3. The van der Waals surface area contributed by atoms with Gasteiger partial charge in [-0.3, -0.25) is 4.98 Å². The number of nitrogens with two attached hydrogens (primary N) is 1. The average Bonchev–Trinajstić information content (AvgIpc) is 2.45. The van der Waals surface area contributed by atoms with Crippen LogP contribution < -0.4 is 10.5 Å². The summed E-state index contributed by atoms with van der Waals surface area (Å²) in [6, 6.07) is 3.73. The van der Waals surface area contributed by atoms with Crippen LogP contribution in [-0.2, 0) is 0 Å². The van der Waals surface area contributed by atoms with Gasteiger partial charge in [0.25, 0.3) is 0 Å². The number of rotatable bonds is 4. The Morgan fingerprint density at radius 1 is 1.39 bits per heavy atom. The van der Waals surface area contributed by atoms with Gasteiger partial charge in [0.2, 0.25) is 0 Å². The normalized spacial score (nSPS) is 16.7. The van der Waals surface area contributed by atoms with Crippen LogP contribution in [0, 0.1) is 0 Å². The molecule has 98 valence electrons. The van der Waals surface area contributed by atoms with Crippen molar-refractivity contribution in [2.75, 3.05) is 26.2 Å². The van der Waals surface area contributed by atoms with Gasteiger partial charge in [-0.2, -0.15) is 0 Å². The zero-order chi connectivity index (χ0) is 12.6. The highest BCUT2D eigenvalue weighted by Gasteiger charge is 2.11. The summed E-state index contributed by atoms with van der Waals surface area (Å²) in [6.45, 7) is 3.16. The Kier molecular flexibility index (Phi) is 4.81. The minimum absolute atomic E-state index is 0.528. The molecule has 1 saturated heterocycles. The van der Waals surface area contributed by atoms with E-state index >= 15 is 0 Å². The molecular formula is C13H20N4O. The van der Waals surface area contributed by atoms with Crippen molar-refractivity contribution in [1.82, 2.24) is 9.88 Å². The third-order valence-electron chi connectivity index (χ3n) is 2.95. The number of ether oxygens (including phenoxy) is 1. The Morgan fingerprint density at radius 2 is 2.22 bits per heavy atom. The third-order valence-corrected chi connectivity index (χ3v) is 2.95. The number of hydrogen-bond donors (Lipinski definition) is 1. The lowest BCUT2D eigenvalue weighted by Gasteiger charge is -2.27. The maximum atomic E-state index is 5.94. The van der Waals surface area contributed by atoms with Crippen molar-refractivity contribution in [2.45, 2.75) is 19.3 Å². The van der Waals surface area contributed by atoms with Gasteiger partial charge in [-0.05, 0) is 31.4 Å². The van der Waals surface area contributed by atoms with Crippen LogP contribution in [0.25, 0.3) is 0 Å². The highest BCUT2D eigenvalue weighted by atomic mass is 16.5. The number of piperidine rings is 1. The van der Waals surface area contributed by atoms with E-state index in [1.807, 2.05) is 12.1 Å². The van der Waals surface area contributed by atoms with E-state index < -0.39 is 0 Å². The molecule has 1 fully saturated rings. The van der Waals surface area contributed by atoms with Crippen molar-refractivity contribution in [3.05, 3.63) is 24.5 Å². The lowest BCUT2D eigenvalue weighted by Crippen LogP contribution is -2.41. The molecule has 1 aliphatic heterocycles. The Morgan fingerprint density at radius 3 is 2.94 bits per heavy atom. The Hall–Kier alpha value is -1.78. The Bertz CT molecular complexity index is 374. The van der Waals surface area contributed by atoms with Crippen LogP contribution >= 0.6 is 0 Å². The molecule has 5 nitrogen and oxygen atoms in total. The molecular weight excluding hydrogens is 228 g/mol. The van der Waals surface area contributed by atoms with Gasteiger partial charge in [0.1, 0.15) is 12.4 Å². The number of likely N-dealkylation sites (tertiary alicyclic amines) is 1. The summed E-state index contributed by atoms with van der Waals surface area (Å²) in [5, 5.41) is 0. The average molecular weight is 248 g/mol. The molecule has 1 aliphatic rings. The number of pyridine rings is 1. The Labute approximate surface area is 108 Å². The first-order valence-electron chi connectivity index (χ1n) is 6.44. The molecule has 0 radical (unpaired) electrons. The van der Waals surface area contributed by atoms with Gasteiger partial charge < -0.3 is 15.4 Å². The monoisotopic (exact) mass is 248 g/mol. The van der Waals surface area contributed by atoms with Crippen molar-refractivity contribution in [1.29, 1.82) is 0 Å². The predicted molar refractivity (Wildman–Crippen MR) is 71.6 cm³/mol. The van der Waals surface area contributed by atoms with Crippen molar-refractivity contribution < 1.29 is 4.74 Å². The van der Waals surface area contributed by atoms with Gasteiger partial charge >= 0.3 is 0 Å². The maximum absolute atomic E-state index is 5.94. The van der Waals surface area contributed by atoms with E-state index in [0.29, 0.717) is 19.1 Å². The van der Waals surface area contributed by atoms with E-state index in [-0.39, 0.29) is 0 Å². The van der Waals surface area contributed by atoms with Crippen molar-refractivity contribution >= 4 is 5.96 Å². The largest absolute Gasteiger partial charge is 0.490 e. The van der Waals surface area contributed by atoms with E-state index in [4.69, 9.17) is 10.5 Å². The summed E-state index contributed by atoms with van der Waals surface area (Å²) in [6.07, 6.45) is 7.13. The standard InChI is InChI=1S/C13H20N4O/c14-13(17-8-2-1-3-9-17)16-7-10-18-12-5-4-6-15-11-12/h4-6,11H,1-3,7-10H2,(H2,14,16). The van der Waals surface area contributed by atoms with E-state index in [1.165, 1.54) is 19.3 Å². The minimum Gasteiger partial charge on any atom is -0.490 e. The van der Waals surface area contributed by atoms with Crippen LogP contribution in [-0.4, -0.2) is 42.1 Å². The summed E-state index contributed by atoms with van der Waals surface area (Å²) in [5.41, 5.74) is 5.94. The molecule has 2 N–H and O–H groups in total.